The number of nitrogens with one attached hydrogen (secondary N) is 1. The number of fused-ring (bicyclic) bond motifs is 1. The Labute approximate surface area is 145 Å². The van der Waals surface area contributed by atoms with Crippen molar-refractivity contribution in [3.8, 4) is 0 Å². The number of aryl methyl sites for hydroxylation is 2. The Kier molecular flexibility index (Phi) is 5.18. The number of esters is 1. The molecule has 130 valence electrons. The van der Waals surface area contributed by atoms with E-state index in [4.69, 9.17) is 4.74 Å². The monoisotopic (exact) mass is 350 g/mol. The van der Waals surface area contributed by atoms with E-state index in [1.807, 2.05) is 6.07 Å². The largest absolute Gasteiger partial charge is 0.448 e. The fourth-order valence-corrected chi connectivity index (χ4v) is 4.25. The summed E-state index contributed by atoms with van der Waals surface area (Å²) in [7, 11) is 0. The number of imide groups is 1. The van der Waals surface area contributed by atoms with Crippen LogP contribution < -0.4 is 5.32 Å². The van der Waals surface area contributed by atoms with E-state index in [0.717, 1.165) is 30.6 Å². The van der Waals surface area contributed by atoms with E-state index in [0.29, 0.717) is 18.0 Å². The molecule has 7 heteroatoms. The number of ether oxygens (including phenoxy) is 1. The molecule has 1 aromatic heterocycles. The molecule has 0 aromatic carbocycles. The fourth-order valence-electron chi connectivity index (χ4n) is 3.12. The first-order valence-electron chi connectivity index (χ1n) is 8.48. The standard InChI is InChI=1S/C17H22N2O4S/c1-11(15(20)19-9-8-18-17(19)22)23-16(21)14-10-12-6-4-2-3-5-7-13(12)24-14/h10-11H,2-9H2,1H3,(H,18,22)/t11-/m1/s1. The summed E-state index contributed by atoms with van der Waals surface area (Å²) >= 11 is 1.47. The van der Waals surface area contributed by atoms with Gasteiger partial charge >= 0.3 is 12.0 Å². The highest BCUT2D eigenvalue weighted by Crippen LogP contribution is 2.29. The number of carbonyl (C=O) groups excluding carboxylic acids is 3. The third-order valence-electron chi connectivity index (χ3n) is 4.45. The molecule has 1 aliphatic carbocycles. The van der Waals surface area contributed by atoms with Crippen molar-refractivity contribution in [1.82, 2.24) is 10.2 Å². The Morgan fingerprint density at radius 1 is 1.25 bits per heavy atom. The minimum absolute atomic E-state index is 0.312. The third-order valence-corrected chi connectivity index (χ3v) is 5.67. The highest BCUT2D eigenvalue weighted by molar-refractivity contribution is 7.14. The Hall–Kier alpha value is -1.89. The van der Waals surface area contributed by atoms with Crippen molar-refractivity contribution in [3.05, 3.63) is 21.4 Å². The molecule has 1 atom stereocenters. The summed E-state index contributed by atoms with van der Waals surface area (Å²) in [5.41, 5.74) is 1.24. The molecule has 3 amide bonds. The molecule has 3 rings (SSSR count). The van der Waals surface area contributed by atoms with E-state index in [1.54, 1.807) is 0 Å². The summed E-state index contributed by atoms with van der Waals surface area (Å²) in [6.07, 6.45) is 5.82. The maximum Gasteiger partial charge on any atom is 0.349 e. The predicted molar refractivity (Wildman–Crippen MR) is 90.2 cm³/mol. The summed E-state index contributed by atoms with van der Waals surface area (Å²) in [5, 5.41) is 2.56. The molecule has 1 saturated heterocycles. The van der Waals surface area contributed by atoms with Crippen LogP contribution >= 0.6 is 11.3 Å². The number of carbonyl (C=O) groups is 3. The van der Waals surface area contributed by atoms with Crippen molar-refractivity contribution in [2.75, 3.05) is 13.1 Å². The van der Waals surface area contributed by atoms with Gasteiger partial charge in [0, 0.05) is 18.0 Å². The van der Waals surface area contributed by atoms with E-state index in [1.165, 1.54) is 41.5 Å². The molecular formula is C17H22N2O4S. The van der Waals surface area contributed by atoms with Gasteiger partial charge in [0.2, 0.25) is 0 Å². The first kappa shape index (κ1) is 17.0. The van der Waals surface area contributed by atoms with Crippen LogP contribution in [0.4, 0.5) is 4.79 Å². The fraction of sp³-hybridized carbons (Fsp3) is 0.588. The zero-order valence-electron chi connectivity index (χ0n) is 13.8. The molecule has 1 aliphatic heterocycles. The molecule has 24 heavy (non-hydrogen) atoms. The molecule has 0 bridgehead atoms. The van der Waals surface area contributed by atoms with Crippen LogP contribution in [0.5, 0.6) is 0 Å². The number of hydrogen-bond acceptors (Lipinski definition) is 5. The van der Waals surface area contributed by atoms with Crippen LogP contribution in [0.2, 0.25) is 0 Å². The summed E-state index contributed by atoms with van der Waals surface area (Å²) in [4.78, 5) is 39.0. The van der Waals surface area contributed by atoms with Crippen LogP contribution in [-0.2, 0) is 22.4 Å². The van der Waals surface area contributed by atoms with Gasteiger partial charge in [0.25, 0.3) is 5.91 Å². The first-order chi connectivity index (χ1) is 11.6. The van der Waals surface area contributed by atoms with Gasteiger partial charge < -0.3 is 10.1 Å². The minimum Gasteiger partial charge on any atom is -0.448 e. The average molecular weight is 350 g/mol. The average Bonchev–Trinajstić information content (AvgIpc) is 3.12. The molecule has 2 aliphatic rings. The summed E-state index contributed by atoms with van der Waals surface area (Å²) in [6.45, 7) is 2.26. The molecule has 2 heterocycles. The summed E-state index contributed by atoms with van der Waals surface area (Å²) < 4.78 is 5.30. The van der Waals surface area contributed by atoms with E-state index in [2.05, 4.69) is 5.32 Å². The molecule has 0 saturated carbocycles. The number of amides is 3. The highest BCUT2D eigenvalue weighted by Gasteiger charge is 2.32. The number of hydrogen-bond donors (Lipinski definition) is 1. The van der Waals surface area contributed by atoms with Crippen LogP contribution in [-0.4, -0.2) is 42.0 Å². The van der Waals surface area contributed by atoms with Gasteiger partial charge in [-0.2, -0.15) is 0 Å². The van der Waals surface area contributed by atoms with Gasteiger partial charge in [0.1, 0.15) is 4.88 Å². The molecule has 6 nitrogen and oxygen atoms in total. The van der Waals surface area contributed by atoms with Gasteiger partial charge in [-0.25, -0.2) is 9.59 Å². The second kappa shape index (κ2) is 7.34. The van der Waals surface area contributed by atoms with Gasteiger partial charge in [-0.1, -0.05) is 12.8 Å². The lowest BCUT2D eigenvalue weighted by molar-refractivity contribution is -0.135. The van der Waals surface area contributed by atoms with E-state index < -0.39 is 24.0 Å². The lowest BCUT2D eigenvalue weighted by Gasteiger charge is -2.17. The van der Waals surface area contributed by atoms with Crippen LogP contribution in [0.15, 0.2) is 6.07 Å². The number of urea groups is 1. The summed E-state index contributed by atoms with van der Waals surface area (Å²) in [5.74, 6) is -0.958. The van der Waals surface area contributed by atoms with E-state index in [-0.39, 0.29) is 0 Å². The van der Waals surface area contributed by atoms with Gasteiger partial charge in [-0.3, -0.25) is 9.69 Å². The SMILES string of the molecule is C[C@@H](OC(=O)c1cc2c(s1)CCCCCC2)C(=O)N1CCNC1=O. The zero-order chi connectivity index (χ0) is 17.1. The smallest absolute Gasteiger partial charge is 0.349 e. The normalized spacial score (nSPS) is 19.0. The Morgan fingerprint density at radius 3 is 2.71 bits per heavy atom. The molecule has 1 N–H and O–H groups in total. The predicted octanol–water partition coefficient (Wildman–Crippen LogP) is 2.50. The first-order valence-corrected chi connectivity index (χ1v) is 9.29. The maximum absolute atomic E-state index is 12.4. The van der Waals surface area contributed by atoms with Gasteiger partial charge in [0.15, 0.2) is 6.10 Å². The second-order valence-corrected chi connectivity index (χ2v) is 7.38. The quantitative estimate of drug-likeness (QED) is 0.850. The Morgan fingerprint density at radius 2 is 2.00 bits per heavy atom. The number of thiophene rings is 1. The van der Waals surface area contributed by atoms with E-state index >= 15 is 0 Å². The Balaban J connectivity index is 1.65. The molecule has 0 spiro atoms. The maximum atomic E-state index is 12.4. The van der Waals surface area contributed by atoms with Gasteiger partial charge in [-0.05, 0) is 44.2 Å². The van der Waals surface area contributed by atoms with Crippen LogP contribution in [0.1, 0.15) is 52.7 Å². The minimum atomic E-state index is -0.967. The second-order valence-electron chi connectivity index (χ2n) is 6.24. The highest BCUT2D eigenvalue weighted by atomic mass is 32.1. The van der Waals surface area contributed by atoms with Crippen molar-refractivity contribution in [2.45, 2.75) is 51.6 Å². The molecule has 1 aromatic rings. The molecule has 0 radical (unpaired) electrons. The molecule has 0 unspecified atom stereocenters. The van der Waals surface area contributed by atoms with Gasteiger partial charge in [-0.15, -0.1) is 11.3 Å². The zero-order valence-corrected chi connectivity index (χ0v) is 14.6. The van der Waals surface area contributed by atoms with Gasteiger partial charge in [0.05, 0.1) is 0 Å². The van der Waals surface area contributed by atoms with Crippen LogP contribution in [0.3, 0.4) is 0 Å². The van der Waals surface area contributed by atoms with Crippen molar-refractivity contribution >= 4 is 29.2 Å². The number of rotatable bonds is 3. The van der Waals surface area contributed by atoms with Crippen molar-refractivity contribution in [1.29, 1.82) is 0 Å². The molecule has 1 fully saturated rings. The molecular weight excluding hydrogens is 328 g/mol. The number of nitrogens with zero attached hydrogens (tertiary/aromatic N) is 1. The van der Waals surface area contributed by atoms with Crippen molar-refractivity contribution < 1.29 is 19.1 Å². The third kappa shape index (κ3) is 3.61. The van der Waals surface area contributed by atoms with Crippen LogP contribution in [0.25, 0.3) is 0 Å². The topological polar surface area (TPSA) is 75.7 Å². The lowest BCUT2D eigenvalue weighted by Crippen LogP contribution is -2.41. The van der Waals surface area contributed by atoms with E-state index in [9.17, 15) is 14.4 Å². The summed E-state index contributed by atoms with van der Waals surface area (Å²) in [6, 6.07) is 1.48. The lowest BCUT2D eigenvalue weighted by atomic mass is 10.00. The Bertz CT molecular complexity index is 630. The van der Waals surface area contributed by atoms with Crippen molar-refractivity contribution in [3.63, 3.8) is 0 Å². The van der Waals surface area contributed by atoms with Crippen LogP contribution in [0, 0.1) is 0 Å². The van der Waals surface area contributed by atoms with Crippen molar-refractivity contribution in [2.24, 2.45) is 0 Å².